The predicted molar refractivity (Wildman–Crippen MR) is 53.6 cm³/mol. The third-order valence-electron chi connectivity index (χ3n) is 1.77. The van der Waals surface area contributed by atoms with Crippen molar-refractivity contribution < 1.29 is 10.2 Å². The lowest BCUT2D eigenvalue weighted by Gasteiger charge is -2.01. The van der Waals surface area contributed by atoms with Crippen LogP contribution in [0.2, 0.25) is 0 Å². The van der Waals surface area contributed by atoms with Crippen LogP contribution in [0.4, 0.5) is 0 Å². The van der Waals surface area contributed by atoms with Crippen LogP contribution in [-0.4, -0.2) is 10.2 Å². The third-order valence-corrected chi connectivity index (χ3v) is 2.76. The molecule has 2 rings (SSSR count). The van der Waals surface area contributed by atoms with Crippen molar-refractivity contribution in [2.24, 2.45) is 0 Å². The van der Waals surface area contributed by atoms with E-state index in [4.69, 9.17) is 0 Å². The molecule has 0 atom stereocenters. The predicted octanol–water partition coefficient (Wildman–Crippen LogP) is 3.09. The molecule has 0 aromatic heterocycles. The summed E-state index contributed by atoms with van der Waals surface area (Å²) in [5, 5.41) is 18.5. The third kappa shape index (κ3) is 1.55. The standard InChI is InChI=1S/C10H8O2S/c11-8-6-5-7-3-1-2-4-9(7)13-10(8)12/h1-6,11-12H. The summed E-state index contributed by atoms with van der Waals surface area (Å²) in [6.07, 6.45) is 3.27. The summed E-state index contributed by atoms with van der Waals surface area (Å²) in [6.45, 7) is 0. The van der Waals surface area contributed by atoms with Crippen LogP contribution in [0.25, 0.3) is 6.08 Å². The smallest absolute Gasteiger partial charge is 0.197 e. The van der Waals surface area contributed by atoms with Gasteiger partial charge in [0.25, 0.3) is 0 Å². The Bertz CT molecular complexity index is 394. The maximum atomic E-state index is 9.35. The van der Waals surface area contributed by atoms with Crippen LogP contribution in [0.1, 0.15) is 5.56 Å². The van der Waals surface area contributed by atoms with Crippen LogP contribution in [0, 0.1) is 0 Å². The van der Waals surface area contributed by atoms with Crippen LogP contribution in [0.3, 0.4) is 0 Å². The second-order valence-electron chi connectivity index (χ2n) is 2.66. The van der Waals surface area contributed by atoms with Gasteiger partial charge >= 0.3 is 0 Å². The summed E-state index contributed by atoms with van der Waals surface area (Å²) in [4.78, 5) is 0.945. The molecule has 1 aromatic rings. The number of benzene rings is 1. The zero-order valence-electron chi connectivity index (χ0n) is 6.77. The highest BCUT2D eigenvalue weighted by atomic mass is 32.2. The number of hydrogen-bond acceptors (Lipinski definition) is 3. The molecular formula is C10H8O2S. The zero-order valence-corrected chi connectivity index (χ0v) is 7.58. The van der Waals surface area contributed by atoms with E-state index in [9.17, 15) is 10.2 Å². The fourth-order valence-electron chi connectivity index (χ4n) is 1.11. The minimum Gasteiger partial charge on any atom is -0.504 e. The van der Waals surface area contributed by atoms with E-state index in [2.05, 4.69) is 0 Å². The van der Waals surface area contributed by atoms with Gasteiger partial charge in [0.05, 0.1) is 0 Å². The highest BCUT2D eigenvalue weighted by Crippen LogP contribution is 2.32. The number of rotatable bonds is 0. The molecule has 66 valence electrons. The molecule has 0 unspecified atom stereocenters. The van der Waals surface area contributed by atoms with E-state index in [1.54, 1.807) is 6.08 Å². The monoisotopic (exact) mass is 192 g/mol. The van der Waals surface area contributed by atoms with Crippen LogP contribution in [0.5, 0.6) is 0 Å². The van der Waals surface area contributed by atoms with Gasteiger partial charge in [-0.25, -0.2) is 0 Å². The summed E-state index contributed by atoms with van der Waals surface area (Å²) in [6, 6.07) is 7.66. The summed E-state index contributed by atoms with van der Waals surface area (Å²) in [5.74, 6) is -0.0822. The Morgan fingerprint density at radius 1 is 1.00 bits per heavy atom. The molecule has 0 saturated heterocycles. The first-order valence-electron chi connectivity index (χ1n) is 3.84. The second-order valence-corrected chi connectivity index (χ2v) is 3.69. The quantitative estimate of drug-likeness (QED) is 0.663. The Morgan fingerprint density at radius 2 is 1.77 bits per heavy atom. The van der Waals surface area contributed by atoms with Gasteiger partial charge in [-0.1, -0.05) is 24.3 Å². The van der Waals surface area contributed by atoms with E-state index in [1.807, 2.05) is 24.3 Å². The average molecular weight is 192 g/mol. The van der Waals surface area contributed by atoms with Gasteiger partial charge in [0, 0.05) is 4.90 Å². The van der Waals surface area contributed by atoms with Gasteiger partial charge in [0.1, 0.15) is 0 Å². The molecule has 0 aliphatic carbocycles. The molecule has 2 N–H and O–H groups in total. The van der Waals surface area contributed by atoms with Crippen LogP contribution in [0.15, 0.2) is 46.1 Å². The summed E-state index contributed by atoms with van der Waals surface area (Å²) in [7, 11) is 0. The Morgan fingerprint density at radius 3 is 2.62 bits per heavy atom. The van der Waals surface area contributed by atoms with Crippen molar-refractivity contribution in [1.29, 1.82) is 0 Å². The van der Waals surface area contributed by atoms with E-state index in [1.165, 1.54) is 6.08 Å². The van der Waals surface area contributed by atoms with Crippen molar-refractivity contribution in [2.45, 2.75) is 4.90 Å². The zero-order chi connectivity index (χ0) is 9.26. The molecular weight excluding hydrogens is 184 g/mol. The fourth-order valence-corrected chi connectivity index (χ4v) is 1.89. The van der Waals surface area contributed by atoms with Crippen molar-refractivity contribution in [2.75, 3.05) is 0 Å². The van der Waals surface area contributed by atoms with E-state index in [0.717, 1.165) is 22.2 Å². The number of fused-ring (bicyclic) bond motifs is 1. The summed E-state index contributed by atoms with van der Waals surface area (Å²) >= 11 is 1.16. The lowest BCUT2D eigenvalue weighted by Crippen LogP contribution is -1.80. The molecule has 0 saturated carbocycles. The molecule has 0 spiro atoms. The number of aliphatic hydroxyl groups excluding tert-OH is 2. The van der Waals surface area contributed by atoms with Gasteiger partial charge in [-0.3, -0.25) is 0 Å². The number of hydrogen-bond donors (Lipinski definition) is 2. The van der Waals surface area contributed by atoms with E-state index >= 15 is 0 Å². The molecule has 0 bridgehead atoms. The number of aliphatic hydroxyl groups is 2. The minimum atomic E-state index is -0.0822. The topological polar surface area (TPSA) is 40.5 Å². The van der Waals surface area contributed by atoms with E-state index in [0.29, 0.717) is 0 Å². The van der Waals surface area contributed by atoms with Crippen molar-refractivity contribution in [3.63, 3.8) is 0 Å². The van der Waals surface area contributed by atoms with Crippen LogP contribution in [-0.2, 0) is 0 Å². The lowest BCUT2D eigenvalue weighted by molar-refractivity contribution is 0.368. The van der Waals surface area contributed by atoms with E-state index in [-0.39, 0.29) is 10.9 Å². The molecule has 0 fully saturated rings. The number of thioether (sulfide) groups is 1. The first-order chi connectivity index (χ1) is 6.27. The number of allylic oxidation sites excluding steroid dienone is 1. The fraction of sp³-hybridized carbons (Fsp3) is 0. The van der Waals surface area contributed by atoms with Gasteiger partial charge in [-0.05, 0) is 29.5 Å². The molecule has 13 heavy (non-hydrogen) atoms. The SMILES string of the molecule is OC1=C(O)Sc2ccccc2C=C1. The molecule has 2 nitrogen and oxygen atoms in total. The van der Waals surface area contributed by atoms with Gasteiger partial charge < -0.3 is 10.2 Å². The average Bonchev–Trinajstić information content (AvgIpc) is 2.28. The normalized spacial score (nSPS) is 15.4. The van der Waals surface area contributed by atoms with Crippen molar-refractivity contribution in [3.05, 3.63) is 46.8 Å². The Balaban J connectivity index is 2.51. The molecule has 0 radical (unpaired) electrons. The minimum absolute atomic E-state index is 0.0544. The molecule has 3 heteroatoms. The van der Waals surface area contributed by atoms with Crippen LogP contribution >= 0.6 is 11.8 Å². The molecule has 0 amide bonds. The summed E-state index contributed by atoms with van der Waals surface area (Å²) in [5.41, 5.74) is 1.00. The van der Waals surface area contributed by atoms with Gasteiger partial charge in [-0.2, -0.15) is 0 Å². The Hall–Kier alpha value is -1.35. The summed E-state index contributed by atoms with van der Waals surface area (Å²) < 4.78 is 0. The van der Waals surface area contributed by atoms with Crippen molar-refractivity contribution >= 4 is 17.8 Å². The lowest BCUT2D eigenvalue weighted by atomic mass is 10.2. The largest absolute Gasteiger partial charge is 0.504 e. The first kappa shape index (κ1) is 8.26. The Labute approximate surface area is 80.2 Å². The Kier molecular flexibility index (Phi) is 2.02. The maximum absolute atomic E-state index is 9.35. The molecule has 1 aromatic carbocycles. The maximum Gasteiger partial charge on any atom is 0.197 e. The van der Waals surface area contributed by atoms with Gasteiger partial charge in [0.15, 0.2) is 10.9 Å². The van der Waals surface area contributed by atoms with E-state index < -0.39 is 0 Å². The van der Waals surface area contributed by atoms with Gasteiger partial charge in [-0.15, -0.1) is 0 Å². The molecule has 1 heterocycles. The van der Waals surface area contributed by atoms with Crippen molar-refractivity contribution in [1.82, 2.24) is 0 Å². The molecule has 1 aliphatic rings. The van der Waals surface area contributed by atoms with Gasteiger partial charge in [0.2, 0.25) is 0 Å². The van der Waals surface area contributed by atoms with Crippen LogP contribution < -0.4 is 0 Å². The van der Waals surface area contributed by atoms with Crippen molar-refractivity contribution in [3.8, 4) is 0 Å². The molecule has 1 aliphatic heterocycles. The second kappa shape index (κ2) is 3.18. The highest BCUT2D eigenvalue weighted by Gasteiger charge is 2.09. The first-order valence-corrected chi connectivity index (χ1v) is 4.66. The highest BCUT2D eigenvalue weighted by molar-refractivity contribution is 8.03.